The topological polar surface area (TPSA) is 84.3 Å². The van der Waals surface area contributed by atoms with Crippen molar-refractivity contribution in [2.24, 2.45) is 5.92 Å². The normalized spacial score (nSPS) is 18.2. The van der Waals surface area contributed by atoms with Crippen molar-refractivity contribution in [1.29, 1.82) is 0 Å². The predicted molar refractivity (Wildman–Crippen MR) is 83.3 cm³/mol. The van der Waals surface area contributed by atoms with Gasteiger partial charge in [-0.2, -0.15) is 0 Å². The van der Waals surface area contributed by atoms with Gasteiger partial charge in [0.25, 0.3) is 11.6 Å². The van der Waals surface area contributed by atoms with Gasteiger partial charge in [0.05, 0.1) is 4.92 Å². The van der Waals surface area contributed by atoms with E-state index in [1.165, 1.54) is 18.6 Å². The molecule has 1 aliphatic heterocycles. The highest BCUT2D eigenvalue weighted by atomic mass is 79.9. The van der Waals surface area contributed by atoms with Crippen LogP contribution in [0.2, 0.25) is 0 Å². The molecular formula is C14H18BrN3O3. The first-order chi connectivity index (χ1) is 10.1. The minimum atomic E-state index is -0.537. The van der Waals surface area contributed by atoms with Gasteiger partial charge in [0.1, 0.15) is 5.56 Å². The number of nitro benzene ring substituents is 1. The fourth-order valence-corrected chi connectivity index (χ4v) is 2.85. The fourth-order valence-electron chi connectivity index (χ4n) is 2.50. The van der Waals surface area contributed by atoms with Gasteiger partial charge in [0.15, 0.2) is 0 Å². The molecule has 1 heterocycles. The third kappa shape index (κ3) is 4.50. The monoisotopic (exact) mass is 355 g/mol. The molecule has 0 bridgehead atoms. The summed E-state index contributed by atoms with van der Waals surface area (Å²) in [6, 6.07) is 4.45. The zero-order chi connectivity index (χ0) is 15.2. The molecule has 0 spiro atoms. The molecular weight excluding hydrogens is 338 g/mol. The summed E-state index contributed by atoms with van der Waals surface area (Å²) >= 11 is 3.18. The number of rotatable bonds is 5. The Hall–Kier alpha value is -1.47. The first-order valence-electron chi connectivity index (χ1n) is 7.01. The average Bonchev–Trinajstić information content (AvgIpc) is 2.48. The van der Waals surface area contributed by atoms with E-state index in [9.17, 15) is 14.9 Å². The minimum absolute atomic E-state index is 0.102. The highest BCUT2D eigenvalue weighted by Crippen LogP contribution is 2.23. The van der Waals surface area contributed by atoms with Crippen LogP contribution in [-0.4, -0.2) is 30.5 Å². The Morgan fingerprint density at radius 3 is 3.00 bits per heavy atom. The van der Waals surface area contributed by atoms with E-state index in [2.05, 4.69) is 26.6 Å². The summed E-state index contributed by atoms with van der Waals surface area (Å²) in [7, 11) is 0. The quantitative estimate of drug-likeness (QED) is 0.627. The zero-order valence-electron chi connectivity index (χ0n) is 11.6. The molecule has 1 aromatic rings. The first-order valence-corrected chi connectivity index (χ1v) is 7.80. The highest BCUT2D eigenvalue weighted by Gasteiger charge is 2.20. The number of nitrogens with one attached hydrogen (secondary N) is 2. The standard InChI is InChI=1S/C14H18BrN3O3/c15-11-3-4-12(13(8-11)18(20)21)14(19)17-7-5-10-2-1-6-16-9-10/h3-4,8,10,16H,1-2,5-7,9H2,(H,17,19). The van der Waals surface area contributed by atoms with Crippen LogP contribution in [0.15, 0.2) is 22.7 Å². The van der Waals surface area contributed by atoms with Crippen molar-refractivity contribution in [3.63, 3.8) is 0 Å². The lowest BCUT2D eigenvalue weighted by molar-refractivity contribution is -0.385. The number of hydrogen-bond acceptors (Lipinski definition) is 4. The summed E-state index contributed by atoms with van der Waals surface area (Å²) < 4.78 is 0.582. The molecule has 2 N–H and O–H groups in total. The summed E-state index contributed by atoms with van der Waals surface area (Å²) in [5.74, 6) is 0.178. The van der Waals surface area contributed by atoms with Crippen molar-refractivity contribution in [3.05, 3.63) is 38.3 Å². The molecule has 1 fully saturated rings. The van der Waals surface area contributed by atoms with E-state index < -0.39 is 10.8 Å². The molecule has 7 heteroatoms. The van der Waals surface area contributed by atoms with Gasteiger partial charge in [-0.3, -0.25) is 14.9 Å². The third-order valence-electron chi connectivity index (χ3n) is 3.64. The van der Waals surface area contributed by atoms with Crippen molar-refractivity contribution < 1.29 is 9.72 Å². The molecule has 1 aromatic carbocycles. The van der Waals surface area contributed by atoms with Crippen molar-refractivity contribution in [2.75, 3.05) is 19.6 Å². The molecule has 0 aliphatic carbocycles. The van der Waals surface area contributed by atoms with Crippen LogP contribution in [0.5, 0.6) is 0 Å². The smallest absolute Gasteiger partial charge is 0.283 e. The van der Waals surface area contributed by atoms with Gasteiger partial charge in [0, 0.05) is 17.1 Å². The van der Waals surface area contributed by atoms with Crippen LogP contribution >= 0.6 is 15.9 Å². The maximum absolute atomic E-state index is 12.1. The lowest BCUT2D eigenvalue weighted by Crippen LogP contribution is -2.33. The third-order valence-corrected chi connectivity index (χ3v) is 4.13. The Kier molecular flexibility index (Phi) is 5.69. The van der Waals surface area contributed by atoms with Gasteiger partial charge in [-0.05, 0) is 50.4 Å². The van der Waals surface area contributed by atoms with Crippen LogP contribution in [0.25, 0.3) is 0 Å². The van der Waals surface area contributed by atoms with E-state index in [-0.39, 0.29) is 11.3 Å². The number of hydrogen-bond donors (Lipinski definition) is 2. The summed E-state index contributed by atoms with van der Waals surface area (Å²) in [6.45, 7) is 2.58. The van der Waals surface area contributed by atoms with E-state index in [0.29, 0.717) is 16.9 Å². The molecule has 0 saturated carbocycles. The SMILES string of the molecule is O=C(NCCC1CCCNC1)c1ccc(Br)cc1[N+](=O)[O-]. The molecule has 0 aromatic heterocycles. The number of piperidine rings is 1. The number of carbonyl (C=O) groups is 1. The van der Waals surface area contributed by atoms with Gasteiger partial charge in [-0.25, -0.2) is 0 Å². The minimum Gasteiger partial charge on any atom is -0.352 e. The van der Waals surface area contributed by atoms with Crippen LogP contribution in [0, 0.1) is 16.0 Å². The molecule has 6 nitrogen and oxygen atoms in total. The second-order valence-corrected chi connectivity index (χ2v) is 6.09. The lowest BCUT2D eigenvalue weighted by Gasteiger charge is -2.22. The molecule has 0 radical (unpaired) electrons. The number of nitro groups is 1. The van der Waals surface area contributed by atoms with E-state index in [1.807, 2.05) is 0 Å². The van der Waals surface area contributed by atoms with Gasteiger partial charge in [-0.15, -0.1) is 0 Å². The van der Waals surface area contributed by atoms with Crippen LogP contribution < -0.4 is 10.6 Å². The van der Waals surface area contributed by atoms with Crippen LogP contribution in [0.4, 0.5) is 5.69 Å². The molecule has 21 heavy (non-hydrogen) atoms. The summed E-state index contributed by atoms with van der Waals surface area (Å²) in [6.07, 6.45) is 3.22. The molecule has 1 amide bonds. The largest absolute Gasteiger partial charge is 0.352 e. The first kappa shape index (κ1) is 15.9. The Morgan fingerprint density at radius 1 is 1.52 bits per heavy atom. The van der Waals surface area contributed by atoms with Crippen LogP contribution in [0.1, 0.15) is 29.6 Å². The van der Waals surface area contributed by atoms with Crippen LogP contribution in [-0.2, 0) is 0 Å². The number of benzene rings is 1. The van der Waals surface area contributed by atoms with E-state index in [1.54, 1.807) is 6.07 Å². The second kappa shape index (κ2) is 7.51. The summed E-state index contributed by atoms with van der Waals surface area (Å²) in [4.78, 5) is 22.5. The summed E-state index contributed by atoms with van der Waals surface area (Å²) in [5, 5.41) is 17.1. The molecule has 1 atom stereocenters. The Morgan fingerprint density at radius 2 is 2.33 bits per heavy atom. The van der Waals surface area contributed by atoms with E-state index in [4.69, 9.17) is 0 Å². The van der Waals surface area contributed by atoms with Crippen molar-refractivity contribution >= 4 is 27.5 Å². The predicted octanol–water partition coefficient (Wildman–Crippen LogP) is 2.48. The Bertz CT molecular complexity index is 530. The average molecular weight is 356 g/mol. The Balaban J connectivity index is 1.92. The number of nitrogens with zero attached hydrogens (tertiary/aromatic N) is 1. The fraction of sp³-hybridized carbons (Fsp3) is 0.500. The van der Waals surface area contributed by atoms with Crippen molar-refractivity contribution in [2.45, 2.75) is 19.3 Å². The van der Waals surface area contributed by atoms with E-state index in [0.717, 1.165) is 25.9 Å². The maximum Gasteiger partial charge on any atom is 0.283 e. The molecule has 2 rings (SSSR count). The highest BCUT2D eigenvalue weighted by molar-refractivity contribution is 9.10. The Labute approximate surface area is 131 Å². The number of carbonyl (C=O) groups excluding carboxylic acids is 1. The molecule has 114 valence electrons. The van der Waals surface area contributed by atoms with Crippen molar-refractivity contribution in [1.82, 2.24) is 10.6 Å². The van der Waals surface area contributed by atoms with Gasteiger partial charge in [-0.1, -0.05) is 15.9 Å². The molecule has 1 unspecified atom stereocenters. The van der Waals surface area contributed by atoms with E-state index >= 15 is 0 Å². The van der Waals surface area contributed by atoms with Crippen molar-refractivity contribution in [3.8, 4) is 0 Å². The molecule has 1 aliphatic rings. The van der Waals surface area contributed by atoms with Gasteiger partial charge < -0.3 is 10.6 Å². The van der Waals surface area contributed by atoms with Crippen LogP contribution in [0.3, 0.4) is 0 Å². The van der Waals surface area contributed by atoms with Gasteiger partial charge in [0.2, 0.25) is 0 Å². The zero-order valence-corrected chi connectivity index (χ0v) is 13.2. The molecule has 1 saturated heterocycles. The van der Waals surface area contributed by atoms with Gasteiger partial charge >= 0.3 is 0 Å². The summed E-state index contributed by atoms with van der Waals surface area (Å²) in [5.41, 5.74) is -0.0776. The number of amides is 1. The second-order valence-electron chi connectivity index (χ2n) is 5.18. The number of halogens is 1. The maximum atomic E-state index is 12.1. The lowest BCUT2D eigenvalue weighted by atomic mass is 9.96.